The van der Waals surface area contributed by atoms with Crippen LogP contribution in [0.15, 0.2) is 46.0 Å². The van der Waals surface area contributed by atoms with Crippen LogP contribution in [0.3, 0.4) is 0 Å². The standard InChI is InChI=1S/C58H68N4O8/c1-10-37-31(3)45-28-47-33(5)39(18-19-51(64)70-25-13-12-22-58(67)24-21-44-42-16-14-35-26-36(63)15-17-40(35)41(42)20-23-57(44,58)7)54(61-47)43(27-52(65)68-8)55-53(56(66)69-9)34(6)48(62-55)30-50-38(11-2)32(4)46(60-50)29-49(37)59-45/h10,15,17,26,28-30,32-33,39,41-42,44,54,59,62-63,67H,1,11,14,16,18-25,27H2,2-9H3/b45-28?,48-30-,49-29-,55-43-/t32?,33-,39-,41?,42?,44?,54?,57-,58-/m0/s1. The van der Waals surface area contributed by atoms with E-state index in [4.69, 9.17) is 24.2 Å². The molecular weight excluding hydrogens is 881 g/mol. The molecule has 9 rings (SSSR count). The molecule has 5 unspecified atom stereocenters. The van der Waals surface area contributed by atoms with E-state index in [0.29, 0.717) is 70.2 Å². The summed E-state index contributed by atoms with van der Waals surface area (Å²) in [5.41, 5.74) is 8.55. The van der Waals surface area contributed by atoms with Gasteiger partial charge in [0.15, 0.2) is 6.61 Å². The molecule has 9 atom stereocenters. The molecule has 12 heteroatoms. The zero-order valence-corrected chi connectivity index (χ0v) is 42.0. The first-order chi connectivity index (χ1) is 33.5. The Morgan fingerprint density at radius 2 is 1.71 bits per heavy atom. The number of aromatic nitrogens is 2. The van der Waals surface area contributed by atoms with Crippen molar-refractivity contribution in [3.8, 4) is 17.6 Å². The highest BCUT2D eigenvalue weighted by molar-refractivity contribution is 6.16. The highest BCUT2D eigenvalue weighted by atomic mass is 16.5. The van der Waals surface area contributed by atoms with Crippen LogP contribution in [-0.2, 0) is 30.2 Å². The number of phenols is 1. The van der Waals surface area contributed by atoms with Gasteiger partial charge < -0.3 is 34.4 Å². The number of H-pyrrole nitrogens is 2. The van der Waals surface area contributed by atoms with E-state index in [1.54, 1.807) is 0 Å². The number of aliphatic imine (C=N–C) groups is 2. The summed E-state index contributed by atoms with van der Waals surface area (Å²) in [5.74, 6) is 6.02. The van der Waals surface area contributed by atoms with Crippen molar-refractivity contribution in [2.75, 3.05) is 20.8 Å². The maximum Gasteiger partial charge on any atom is 0.340 e. The first-order valence-corrected chi connectivity index (χ1v) is 25.2. The van der Waals surface area contributed by atoms with Gasteiger partial charge in [-0.25, -0.2) is 4.79 Å². The Morgan fingerprint density at radius 3 is 2.46 bits per heavy atom. The number of carbonyl (C=O) groups is 3. The van der Waals surface area contributed by atoms with Crippen molar-refractivity contribution < 1.29 is 38.8 Å². The van der Waals surface area contributed by atoms with Crippen molar-refractivity contribution in [3.05, 3.63) is 90.8 Å². The van der Waals surface area contributed by atoms with Crippen molar-refractivity contribution in [1.82, 2.24) is 9.97 Å². The minimum atomic E-state index is -0.927. The summed E-state index contributed by atoms with van der Waals surface area (Å²) in [6.07, 6.45) is 14.9. The molecule has 0 spiro atoms. The molecule has 2 saturated carbocycles. The summed E-state index contributed by atoms with van der Waals surface area (Å²) >= 11 is 0. The molecule has 3 aliphatic heterocycles. The third-order valence-electron chi connectivity index (χ3n) is 17.6. The first-order valence-electron chi connectivity index (χ1n) is 25.2. The number of carbonyl (C=O) groups excluding carboxylic acids is 3. The third kappa shape index (κ3) is 8.41. The lowest BCUT2D eigenvalue weighted by Crippen LogP contribution is -2.50. The molecular formula is C58H68N4O8. The molecule has 0 saturated heterocycles. The van der Waals surface area contributed by atoms with Crippen LogP contribution in [0.4, 0.5) is 0 Å². The lowest BCUT2D eigenvalue weighted by molar-refractivity contribution is -0.142. The van der Waals surface area contributed by atoms with Crippen LogP contribution in [0.25, 0.3) is 29.9 Å². The lowest BCUT2D eigenvalue weighted by Gasteiger charge is -2.53. The number of nitrogens with zero attached hydrogens (tertiary/aromatic N) is 2. The normalized spacial score (nSPS) is 30.1. The zero-order valence-electron chi connectivity index (χ0n) is 42.0. The average molecular weight is 949 g/mol. The molecule has 12 nitrogen and oxygen atoms in total. The largest absolute Gasteiger partial charge is 0.508 e. The number of aromatic hydroxyl groups is 1. The van der Waals surface area contributed by atoms with Crippen LogP contribution in [0, 0.1) is 60.7 Å². The molecule has 3 aliphatic carbocycles. The van der Waals surface area contributed by atoms with E-state index in [-0.39, 0.29) is 42.6 Å². The van der Waals surface area contributed by atoms with Crippen molar-refractivity contribution >= 4 is 59.2 Å². The van der Waals surface area contributed by atoms with E-state index >= 15 is 0 Å². The number of allylic oxidation sites excluding steroid dienone is 2. The van der Waals surface area contributed by atoms with Gasteiger partial charge in [-0.05, 0) is 153 Å². The number of esters is 3. The number of aliphatic hydroxyl groups is 1. The number of rotatable bonds is 10. The zero-order chi connectivity index (χ0) is 49.8. The molecule has 8 bridgehead atoms. The van der Waals surface area contributed by atoms with Gasteiger partial charge in [-0.15, -0.1) is 0 Å². The Labute approximate surface area is 410 Å². The van der Waals surface area contributed by atoms with Crippen molar-refractivity contribution in [2.24, 2.45) is 45.0 Å². The Hall–Kier alpha value is -6.19. The molecule has 368 valence electrons. The van der Waals surface area contributed by atoms with Gasteiger partial charge in [-0.3, -0.25) is 19.6 Å². The van der Waals surface area contributed by atoms with Crippen LogP contribution in [0.5, 0.6) is 5.75 Å². The van der Waals surface area contributed by atoms with Crippen molar-refractivity contribution in [2.45, 2.75) is 130 Å². The minimum absolute atomic E-state index is 0.0398. The van der Waals surface area contributed by atoms with Gasteiger partial charge in [-0.1, -0.05) is 58.3 Å². The molecule has 4 N–H and O–H groups in total. The van der Waals surface area contributed by atoms with Gasteiger partial charge in [0, 0.05) is 57.4 Å². The van der Waals surface area contributed by atoms with Gasteiger partial charge in [0.25, 0.3) is 0 Å². The van der Waals surface area contributed by atoms with E-state index in [1.165, 1.54) is 25.3 Å². The fourth-order valence-corrected chi connectivity index (χ4v) is 13.5. The fourth-order valence-electron chi connectivity index (χ4n) is 13.5. The SMILES string of the molecule is C=Cc1c(C)c2[nH]/c1=C\C1=NC(=C(CC)C1C)/C=c1\[nH]/c(c(C(=O)OC)c1C)=C(/CC(=O)OC)C1N=C(C=2)[C@@H](C)[C@@H]1CCC(=O)OCC#CC[C@]1(O)CCC2C3CCc4cc(O)ccc4C3CC[C@@]21C. The summed E-state index contributed by atoms with van der Waals surface area (Å²) in [6, 6.07) is 5.20. The second-order valence-electron chi connectivity index (χ2n) is 20.8. The monoisotopic (exact) mass is 949 g/mol. The molecule has 2 aromatic heterocycles. The molecule has 0 amide bonds. The van der Waals surface area contributed by atoms with E-state index < -0.39 is 29.6 Å². The summed E-state index contributed by atoms with van der Waals surface area (Å²) in [7, 11) is 2.68. The van der Waals surface area contributed by atoms with Crippen molar-refractivity contribution in [1.29, 1.82) is 0 Å². The van der Waals surface area contributed by atoms with Gasteiger partial charge >= 0.3 is 17.9 Å². The summed E-state index contributed by atoms with van der Waals surface area (Å²) < 4.78 is 16.4. The van der Waals surface area contributed by atoms with Crippen LogP contribution in [0.2, 0.25) is 0 Å². The van der Waals surface area contributed by atoms with Crippen LogP contribution < -0.4 is 21.4 Å². The molecule has 0 radical (unpaired) electrons. The average Bonchev–Trinajstić information content (AvgIpc) is 4.09. The van der Waals surface area contributed by atoms with Gasteiger partial charge in [0.1, 0.15) is 5.75 Å². The highest BCUT2D eigenvalue weighted by Gasteiger charge is 2.61. The number of methoxy groups -OCH3 is 2. The predicted octanol–water partition coefficient (Wildman–Crippen LogP) is 6.70. The Bertz CT molecular complexity index is 3100. The summed E-state index contributed by atoms with van der Waals surface area (Å²) in [5, 5.41) is 25.2. The number of fused-ring (bicyclic) bond motifs is 11. The number of ether oxygens (including phenoxy) is 3. The summed E-state index contributed by atoms with van der Waals surface area (Å²) in [4.78, 5) is 58.5. The third-order valence-corrected chi connectivity index (χ3v) is 17.6. The fraction of sp³-hybridized carbons (Fsp3) is 0.500. The Morgan fingerprint density at radius 1 is 0.943 bits per heavy atom. The van der Waals surface area contributed by atoms with E-state index in [9.17, 15) is 24.6 Å². The van der Waals surface area contributed by atoms with Crippen LogP contribution in [0.1, 0.15) is 136 Å². The smallest absolute Gasteiger partial charge is 0.340 e. The maximum atomic E-state index is 13.8. The van der Waals surface area contributed by atoms with E-state index in [0.717, 1.165) is 83.0 Å². The molecule has 6 aliphatic rings. The Kier molecular flexibility index (Phi) is 13.4. The van der Waals surface area contributed by atoms with E-state index in [2.05, 4.69) is 68.2 Å². The predicted molar refractivity (Wildman–Crippen MR) is 272 cm³/mol. The summed E-state index contributed by atoms with van der Waals surface area (Å²) in [6.45, 7) is 16.6. The number of benzene rings is 1. The van der Waals surface area contributed by atoms with Crippen molar-refractivity contribution in [3.63, 3.8) is 0 Å². The number of aryl methyl sites for hydroxylation is 1. The van der Waals surface area contributed by atoms with Gasteiger partial charge in [0.05, 0.1) is 54.6 Å². The van der Waals surface area contributed by atoms with E-state index in [1.807, 2.05) is 44.2 Å². The maximum absolute atomic E-state index is 13.8. The van der Waals surface area contributed by atoms with Crippen LogP contribution in [-0.4, -0.2) is 82.0 Å². The van der Waals surface area contributed by atoms with Gasteiger partial charge in [-0.2, -0.15) is 0 Å². The number of hydrogen-bond donors (Lipinski definition) is 4. The highest BCUT2D eigenvalue weighted by Crippen LogP contribution is 2.65. The first kappa shape index (κ1) is 48.8. The molecule has 3 aromatic rings. The van der Waals surface area contributed by atoms with Crippen LogP contribution >= 0.6 is 0 Å². The quantitative estimate of drug-likeness (QED) is 0.0987. The topological polar surface area (TPSA) is 176 Å². The molecule has 70 heavy (non-hydrogen) atoms. The number of phenolic OH excluding ortho intramolecular Hbond substituents is 1. The molecule has 2 fully saturated rings. The van der Waals surface area contributed by atoms with Gasteiger partial charge in [0.2, 0.25) is 0 Å². The Balaban J connectivity index is 0.993. The second kappa shape index (κ2) is 19.2. The lowest BCUT2D eigenvalue weighted by atomic mass is 9.53. The molecule has 5 heterocycles. The number of nitrogens with one attached hydrogen (secondary N) is 2. The molecule has 1 aromatic carbocycles. The number of hydrogen-bond acceptors (Lipinski definition) is 10. The minimum Gasteiger partial charge on any atom is -0.508 e. The number of aromatic amines is 2. The second-order valence-corrected chi connectivity index (χ2v) is 20.8.